The Labute approximate surface area is 122 Å². The maximum absolute atomic E-state index is 5.90. The van der Waals surface area contributed by atoms with Crippen molar-refractivity contribution in [2.45, 2.75) is 51.6 Å². The summed E-state index contributed by atoms with van der Waals surface area (Å²) in [5, 5.41) is 3.43. The predicted octanol–water partition coefficient (Wildman–Crippen LogP) is 3.65. The average Bonchev–Trinajstić information content (AvgIpc) is 2.53. The molecule has 0 spiro atoms. The third-order valence-corrected chi connectivity index (χ3v) is 4.63. The summed E-state index contributed by atoms with van der Waals surface area (Å²) < 4.78 is 5.90. The number of nitrogens with zero attached hydrogens (tertiary/aromatic N) is 1. The molecule has 0 radical (unpaired) electrons. The Morgan fingerprint density at radius 2 is 2.10 bits per heavy atom. The Bertz CT molecular complexity index is 441. The first-order chi connectivity index (χ1) is 9.88. The van der Waals surface area contributed by atoms with E-state index in [4.69, 9.17) is 4.74 Å². The number of fused-ring (bicyclic) bond motifs is 1. The smallest absolute Gasteiger partial charge is 0.146 e. The first-order valence-corrected chi connectivity index (χ1v) is 8.11. The van der Waals surface area contributed by atoms with Crippen LogP contribution in [0.15, 0.2) is 18.2 Å². The number of para-hydroxylation sites is 1. The van der Waals surface area contributed by atoms with Crippen LogP contribution in [0.25, 0.3) is 0 Å². The van der Waals surface area contributed by atoms with E-state index >= 15 is 0 Å². The van der Waals surface area contributed by atoms with Crippen molar-refractivity contribution in [2.75, 3.05) is 25.0 Å². The van der Waals surface area contributed by atoms with Gasteiger partial charge in [-0.05, 0) is 25.5 Å². The van der Waals surface area contributed by atoms with E-state index in [1.54, 1.807) is 0 Å². The zero-order valence-electron chi connectivity index (χ0n) is 12.5. The molecule has 0 bridgehead atoms. The van der Waals surface area contributed by atoms with Crippen LogP contribution < -0.4 is 10.1 Å². The van der Waals surface area contributed by atoms with Gasteiger partial charge >= 0.3 is 0 Å². The molecule has 1 aliphatic heterocycles. The molecular weight excluding hydrogens is 248 g/mol. The molecule has 0 unspecified atom stereocenters. The molecule has 1 saturated carbocycles. The number of anilines is 1. The van der Waals surface area contributed by atoms with Crippen molar-refractivity contribution in [1.29, 1.82) is 0 Å². The van der Waals surface area contributed by atoms with E-state index in [9.17, 15) is 0 Å². The molecule has 3 heteroatoms. The van der Waals surface area contributed by atoms with Crippen molar-refractivity contribution in [3.8, 4) is 5.75 Å². The van der Waals surface area contributed by atoms with Crippen molar-refractivity contribution in [1.82, 2.24) is 4.90 Å². The van der Waals surface area contributed by atoms with E-state index in [2.05, 4.69) is 35.3 Å². The van der Waals surface area contributed by atoms with Crippen molar-refractivity contribution < 1.29 is 4.74 Å². The monoisotopic (exact) mass is 274 g/mol. The molecule has 0 saturated heterocycles. The van der Waals surface area contributed by atoms with Crippen LogP contribution in [0, 0.1) is 0 Å². The highest BCUT2D eigenvalue weighted by Gasteiger charge is 2.22. The normalized spacial score (nSPS) is 19.3. The SMILES string of the molecule is CCN(Cc1cccc2c1OCCN2)C1CCCCC1. The van der Waals surface area contributed by atoms with Crippen LogP contribution in [-0.4, -0.2) is 30.6 Å². The Kier molecular flexibility index (Phi) is 4.46. The quantitative estimate of drug-likeness (QED) is 0.907. The summed E-state index contributed by atoms with van der Waals surface area (Å²) >= 11 is 0. The summed E-state index contributed by atoms with van der Waals surface area (Å²) in [6.07, 6.45) is 6.93. The Morgan fingerprint density at radius 3 is 2.90 bits per heavy atom. The minimum absolute atomic E-state index is 0.765. The van der Waals surface area contributed by atoms with Gasteiger partial charge in [-0.1, -0.05) is 38.3 Å². The van der Waals surface area contributed by atoms with Crippen molar-refractivity contribution in [3.05, 3.63) is 23.8 Å². The van der Waals surface area contributed by atoms with E-state index in [0.717, 1.165) is 43.7 Å². The second kappa shape index (κ2) is 6.49. The molecule has 110 valence electrons. The van der Waals surface area contributed by atoms with Gasteiger partial charge in [-0.2, -0.15) is 0 Å². The number of hydrogen-bond donors (Lipinski definition) is 1. The number of rotatable bonds is 4. The molecule has 0 atom stereocenters. The fourth-order valence-corrected chi connectivity index (χ4v) is 3.52. The van der Waals surface area contributed by atoms with E-state index in [1.807, 2.05) is 0 Å². The number of nitrogens with one attached hydrogen (secondary N) is 1. The van der Waals surface area contributed by atoms with E-state index in [1.165, 1.54) is 37.7 Å². The zero-order chi connectivity index (χ0) is 13.8. The summed E-state index contributed by atoms with van der Waals surface area (Å²) in [7, 11) is 0. The van der Waals surface area contributed by atoms with Gasteiger partial charge in [0, 0.05) is 24.7 Å². The second-order valence-corrected chi connectivity index (χ2v) is 5.92. The number of hydrogen-bond acceptors (Lipinski definition) is 3. The standard InChI is InChI=1S/C17H26N2O/c1-2-19(15-8-4-3-5-9-15)13-14-7-6-10-16-17(14)20-12-11-18-16/h6-7,10,15,18H,2-5,8-9,11-13H2,1H3. The summed E-state index contributed by atoms with van der Waals surface area (Å²) in [5.41, 5.74) is 2.50. The summed E-state index contributed by atoms with van der Waals surface area (Å²) in [4.78, 5) is 2.63. The van der Waals surface area contributed by atoms with Crippen LogP contribution in [0.4, 0.5) is 5.69 Å². The van der Waals surface area contributed by atoms with E-state index < -0.39 is 0 Å². The van der Waals surface area contributed by atoms with Crippen LogP contribution in [0.2, 0.25) is 0 Å². The van der Waals surface area contributed by atoms with Gasteiger partial charge < -0.3 is 10.1 Å². The highest BCUT2D eigenvalue weighted by Crippen LogP contribution is 2.33. The highest BCUT2D eigenvalue weighted by molar-refractivity contribution is 5.61. The fourth-order valence-electron chi connectivity index (χ4n) is 3.52. The Balaban J connectivity index is 1.75. The minimum atomic E-state index is 0.765. The summed E-state index contributed by atoms with van der Waals surface area (Å²) in [5.74, 6) is 1.08. The van der Waals surface area contributed by atoms with Crippen LogP contribution >= 0.6 is 0 Å². The Hall–Kier alpha value is -1.22. The molecule has 1 aromatic rings. The maximum Gasteiger partial charge on any atom is 0.146 e. The molecule has 20 heavy (non-hydrogen) atoms. The molecule has 3 nitrogen and oxygen atoms in total. The van der Waals surface area contributed by atoms with Gasteiger partial charge in [0.1, 0.15) is 12.4 Å². The van der Waals surface area contributed by atoms with Gasteiger partial charge in [0.15, 0.2) is 0 Å². The zero-order valence-corrected chi connectivity index (χ0v) is 12.5. The van der Waals surface area contributed by atoms with Gasteiger partial charge in [-0.3, -0.25) is 4.90 Å². The van der Waals surface area contributed by atoms with Gasteiger partial charge in [0.2, 0.25) is 0 Å². The van der Waals surface area contributed by atoms with Crippen LogP contribution in [0.5, 0.6) is 5.75 Å². The van der Waals surface area contributed by atoms with Crippen LogP contribution in [0.1, 0.15) is 44.6 Å². The molecule has 2 aliphatic rings. The van der Waals surface area contributed by atoms with Crippen LogP contribution in [-0.2, 0) is 6.54 Å². The first kappa shape index (κ1) is 13.7. The second-order valence-electron chi connectivity index (χ2n) is 5.92. The van der Waals surface area contributed by atoms with Crippen molar-refractivity contribution in [2.24, 2.45) is 0 Å². The largest absolute Gasteiger partial charge is 0.489 e. The topological polar surface area (TPSA) is 24.5 Å². The molecular formula is C17H26N2O. The lowest BCUT2D eigenvalue weighted by atomic mass is 9.94. The number of benzene rings is 1. The van der Waals surface area contributed by atoms with E-state index in [-0.39, 0.29) is 0 Å². The maximum atomic E-state index is 5.90. The lowest BCUT2D eigenvalue weighted by molar-refractivity contribution is 0.154. The molecule has 1 aliphatic carbocycles. The number of ether oxygens (including phenoxy) is 1. The lowest BCUT2D eigenvalue weighted by Crippen LogP contribution is -2.36. The molecule has 3 rings (SSSR count). The van der Waals surface area contributed by atoms with Crippen molar-refractivity contribution in [3.63, 3.8) is 0 Å². The van der Waals surface area contributed by atoms with Gasteiger partial charge in [-0.15, -0.1) is 0 Å². The van der Waals surface area contributed by atoms with Gasteiger partial charge in [0.05, 0.1) is 5.69 Å². The minimum Gasteiger partial charge on any atom is -0.489 e. The highest BCUT2D eigenvalue weighted by atomic mass is 16.5. The summed E-state index contributed by atoms with van der Waals surface area (Å²) in [6.45, 7) is 6.12. The summed E-state index contributed by atoms with van der Waals surface area (Å²) in [6, 6.07) is 7.25. The third-order valence-electron chi connectivity index (χ3n) is 4.63. The van der Waals surface area contributed by atoms with Gasteiger partial charge in [-0.25, -0.2) is 0 Å². The Morgan fingerprint density at radius 1 is 1.25 bits per heavy atom. The molecule has 1 heterocycles. The van der Waals surface area contributed by atoms with Crippen LogP contribution in [0.3, 0.4) is 0 Å². The van der Waals surface area contributed by atoms with Gasteiger partial charge in [0.25, 0.3) is 0 Å². The van der Waals surface area contributed by atoms with Crippen molar-refractivity contribution >= 4 is 5.69 Å². The molecule has 0 aromatic heterocycles. The third kappa shape index (κ3) is 2.93. The van der Waals surface area contributed by atoms with E-state index in [0.29, 0.717) is 0 Å². The molecule has 1 aromatic carbocycles. The average molecular weight is 274 g/mol. The molecule has 0 amide bonds. The first-order valence-electron chi connectivity index (χ1n) is 8.11. The molecule has 1 fully saturated rings. The fraction of sp³-hybridized carbons (Fsp3) is 0.647. The lowest BCUT2D eigenvalue weighted by Gasteiger charge is -2.34. The molecule has 1 N–H and O–H groups in total. The predicted molar refractivity (Wildman–Crippen MR) is 83.4 cm³/mol.